The lowest BCUT2D eigenvalue weighted by Crippen LogP contribution is -2.61. The second-order valence-electron chi connectivity index (χ2n) is 33.6. The van der Waals surface area contributed by atoms with Gasteiger partial charge in [-0.2, -0.15) is 0 Å². The van der Waals surface area contributed by atoms with E-state index in [1.165, 1.54) is 5.56 Å². The molecule has 6 heterocycles. The molecular weight excluding hydrogens is 1400 g/mol. The molecule has 0 amide bonds. The lowest BCUT2D eigenvalue weighted by atomic mass is 9.33. The van der Waals surface area contributed by atoms with Crippen LogP contribution in [0.3, 0.4) is 0 Å². The maximum atomic E-state index is 10.9. The molecule has 23 rings (SSSR count). The number of anilines is 6. The van der Waals surface area contributed by atoms with Crippen LogP contribution in [0.2, 0.25) is 0 Å². The molecule has 0 spiro atoms. The zero-order valence-corrected chi connectivity index (χ0v) is 65.3. The van der Waals surface area contributed by atoms with Crippen molar-refractivity contribution in [2.45, 2.75) is 52.4 Å². The van der Waals surface area contributed by atoms with E-state index in [1.807, 2.05) is 0 Å². The highest BCUT2D eigenvalue weighted by molar-refractivity contribution is 7.01. The largest absolute Gasteiger partial charge is 0.309 e. The maximum absolute atomic E-state index is 10.9. The van der Waals surface area contributed by atoms with Crippen LogP contribution in [0.4, 0.5) is 34.1 Å². The molecular formula is C110H80BN5. The lowest BCUT2D eigenvalue weighted by Gasteiger charge is -2.46. The fourth-order valence-corrected chi connectivity index (χ4v) is 19.6. The van der Waals surface area contributed by atoms with Gasteiger partial charge in [0.1, 0.15) is 0 Å². The van der Waals surface area contributed by atoms with Gasteiger partial charge in [-0.05, 0) is 180 Å². The molecule has 0 saturated heterocycles. The molecule has 548 valence electrons. The number of rotatable bonds is 10. The first-order valence-electron chi connectivity index (χ1n) is 42.4. The molecule has 17 aromatic carbocycles. The third kappa shape index (κ3) is 10.2. The highest BCUT2D eigenvalue weighted by Crippen LogP contribution is 2.60. The predicted molar refractivity (Wildman–Crippen MR) is 494 cm³/mol. The van der Waals surface area contributed by atoms with Crippen LogP contribution < -0.4 is 26.2 Å². The molecule has 2 aliphatic rings. The lowest BCUT2D eigenvalue weighted by molar-refractivity contribution is 0.590. The molecule has 4 aromatic heterocycles. The Kier molecular flexibility index (Phi) is 14.0. The summed E-state index contributed by atoms with van der Waals surface area (Å²) in [5.74, 6) is 0. The molecule has 2 aliphatic heterocycles. The third-order valence-corrected chi connectivity index (χ3v) is 24.9. The molecule has 0 radical (unpaired) electrons. The summed E-state index contributed by atoms with van der Waals surface area (Å²) in [6, 6.07) is 129. The fourth-order valence-electron chi connectivity index (χ4n) is 19.6. The Morgan fingerprint density at radius 1 is 0.267 bits per heavy atom. The maximum Gasteiger partial charge on any atom is 0.252 e. The monoisotopic (exact) mass is 1490 g/mol. The first-order valence-corrected chi connectivity index (χ1v) is 40.4. The minimum absolute atomic E-state index is 0.105. The van der Waals surface area contributed by atoms with E-state index >= 15 is 0 Å². The zero-order valence-electron chi connectivity index (χ0n) is 69.3. The first kappa shape index (κ1) is 63.3. The van der Waals surface area contributed by atoms with Gasteiger partial charge >= 0.3 is 0 Å². The van der Waals surface area contributed by atoms with Crippen LogP contribution in [0, 0.1) is 0 Å². The van der Waals surface area contributed by atoms with Crippen LogP contribution in [0.15, 0.2) is 376 Å². The Bertz CT molecular complexity index is 7590. The Hall–Kier alpha value is -14.2. The molecule has 0 N–H and O–H groups in total. The van der Waals surface area contributed by atoms with Crippen molar-refractivity contribution in [3.05, 3.63) is 387 Å². The van der Waals surface area contributed by atoms with Gasteiger partial charge in [-0.3, -0.25) is 0 Å². The molecule has 116 heavy (non-hydrogen) atoms. The number of hydrogen-bond donors (Lipinski definition) is 0. The van der Waals surface area contributed by atoms with Crippen LogP contribution >= 0.6 is 0 Å². The normalized spacial score (nSPS) is 13.3. The summed E-state index contributed by atoms with van der Waals surface area (Å²) in [4.78, 5) is 5.28. The minimum Gasteiger partial charge on any atom is -0.309 e. The third-order valence-electron chi connectivity index (χ3n) is 24.9. The molecule has 0 unspecified atom stereocenters. The standard InChI is InChI=1S/C110H80BN5/c1-109(2,3)77-63-87(71-37-15-9-16-38-71)104(88(64-77)72-39-17-10-18-40-72)115-99-67-79(112-93-51-25-19-45-81(93)82-46-20-26-52-94(82)112)57-59-91(99)111-92-60-58-80(113-95-53-27-21-47-83(95)84-48-22-28-54-96(84)113)68-100(92)116(108-102-86-50-24-30-56-98(86)114-97-55-29-23-49-85(97)101(106(102)114)107(115)103(108)111)105-89(75-43-31-41-73(61-75)69-33-11-7-12-34-69)65-78(110(4,5)6)66-90(105)76-44-32-42-74(62-76)70-35-13-8-14-36-70/h7-68H,1-6H3/i24D,30D,50D,56D. The van der Waals surface area contributed by atoms with E-state index in [1.54, 1.807) is 0 Å². The second-order valence-corrected chi connectivity index (χ2v) is 33.6. The summed E-state index contributed by atoms with van der Waals surface area (Å²) < 4.78 is 48.7. The van der Waals surface area contributed by atoms with Crippen LogP contribution in [0.1, 0.15) is 58.2 Å². The van der Waals surface area contributed by atoms with Crippen LogP contribution in [-0.4, -0.2) is 20.2 Å². The molecule has 0 saturated carbocycles. The summed E-state index contributed by atoms with van der Waals surface area (Å²) >= 11 is 0. The zero-order chi connectivity index (χ0) is 80.9. The predicted octanol–water partition coefficient (Wildman–Crippen LogP) is 27.7. The molecule has 5 nitrogen and oxygen atoms in total. The van der Waals surface area contributed by atoms with Gasteiger partial charge in [0.2, 0.25) is 0 Å². The van der Waals surface area contributed by atoms with Crippen molar-refractivity contribution >= 4 is 139 Å². The minimum atomic E-state index is -0.563. The molecule has 0 bridgehead atoms. The summed E-state index contributed by atoms with van der Waals surface area (Å²) in [7, 11) is 0. The second kappa shape index (κ2) is 25.7. The molecule has 0 aliphatic carbocycles. The highest BCUT2D eigenvalue weighted by atomic mass is 15.2. The van der Waals surface area contributed by atoms with Gasteiger partial charge in [0.15, 0.2) is 0 Å². The van der Waals surface area contributed by atoms with E-state index in [-0.39, 0.29) is 29.6 Å². The quantitative estimate of drug-likeness (QED) is 0.127. The van der Waals surface area contributed by atoms with Gasteiger partial charge in [-0.1, -0.05) is 321 Å². The summed E-state index contributed by atoms with van der Waals surface area (Å²) in [5, 5.41) is 7.68. The average molecular weight is 1490 g/mol. The molecule has 6 heteroatoms. The van der Waals surface area contributed by atoms with Crippen LogP contribution in [0.25, 0.3) is 160 Å². The summed E-state index contributed by atoms with van der Waals surface area (Å²) in [6.07, 6.45) is 0. The van der Waals surface area contributed by atoms with E-state index < -0.39 is 12.1 Å². The number of aromatic nitrogens is 3. The van der Waals surface area contributed by atoms with Crippen molar-refractivity contribution in [1.29, 1.82) is 0 Å². The molecule has 0 fully saturated rings. The summed E-state index contributed by atoms with van der Waals surface area (Å²) in [5.41, 5.74) is 31.1. The van der Waals surface area contributed by atoms with Gasteiger partial charge in [-0.15, -0.1) is 0 Å². The fraction of sp³-hybridized carbons (Fsp3) is 0.0727. The van der Waals surface area contributed by atoms with Gasteiger partial charge < -0.3 is 23.3 Å². The highest BCUT2D eigenvalue weighted by Gasteiger charge is 2.49. The Morgan fingerprint density at radius 2 is 0.603 bits per heavy atom. The Labute approximate surface area is 681 Å². The molecule has 21 aromatic rings. The number of benzene rings is 17. The van der Waals surface area contributed by atoms with Crippen molar-refractivity contribution in [1.82, 2.24) is 13.5 Å². The van der Waals surface area contributed by atoms with Crippen molar-refractivity contribution < 1.29 is 5.48 Å². The number of hydrogen-bond acceptors (Lipinski definition) is 2. The van der Waals surface area contributed by atoms with Crippen LogP contribution in [0.5, 0.6) is 0 Å². The van der Waals surface area contributed by atoms with Crippen molar-refractivity contribution in [2.75, 3.05) is 9.80 Å². The smallest absolute Gasteiger partial charge is 0.252 e. The van der Waals surface area contributed by atoms with Gasteiger partial charge in [-0.25, -0.2) is 0 Å². The number of fused-ring (bicyclic) bond motifs is 18. The van der Waals surface area contributed by atoms with Gasteiger partial charge in [0.05, 0.1) is 66.8 Å². The number of nitrogens with zero attached hydrogens (tertiary/aromatic N) is 5. The van der Waals surface area contributed by atoms with E-state index in [9.17, 15) is 5.48 Å². The summed E-state index contributed by atoms with van der Waals surface area (Å²) in [6.45, 7) is 13.4. The SMILES string of the molecule is [2H]c1c([2H])c([2H])c2c(c1[2H])c1c3c4c(c5c6ccccc6n2c51)N(c1c(-c2ccccc2)cc(C(C)(C)C)cc1-c1ccccc1)c1cc(-n2c5ccccc5c5ccccc52)ccc1B4c1ccc(-n2c4ccccc4c4ccccc42)cc1N3c1c(-c2cccc(-c3ccccc3)c2)cc(C(C)(C)C)cc1-c1cccc(-c2ccccc2)c1. The number of para-hydroxylation sites is 6. The molecule has 0 atom stereocenters. The van der Waals surface area contributed by atoms with Crippen molar-refractivity contribution in [2.24, 2.45) is 0 Å². The van der Waals surface area contributed by atoms with E-state index in [0.29, 0.717) is 10.9 Å². The Balaban J connectivity index is 0.986. The first-order chi connectivity index (χ1) is 58.5. The van der Waals surface area contributed by atoms with E-state index in [4.69, 9.17) is 0 Å². The van der Waals surface area contributed by atoms with Gasteiger partial charge in [0.25, 0.3) is 6.71 Å². The van der Waals surface area contributed by atoms with Crippen molar-refractivity contribution in [3.63, 3.8) is 0 Å². The topological polar surface area (TPSA) is 20.8 Å². The van der Waals surface area contributed by atoms with Crippen LogP contribution in [-0.2, 0) is 10.8 Å². The van der Waals surface area contributed by atoms with Crippen molar-refractivity contribution in [3.8, 4) is 78.1 Å². The van der Waals surface area contributed by atoms with Gasteiger partial charge in [0, 0.05) is 88.1 Å². The van der Waals surface area contributed by atoms with E-state index in [0.717, 1.165) is 205 Å². The van der Waals surface area contributed by atoms with E-state index in [2.05, 4.69) is 417 Å². The average Bonchev–Trinajstić information content (AvgIpc) is 1.46. The Morgan fingerprint density at radius 3 is 1.02 bits per heavy atom.